The minimum atomic E-state index is -4.42. The summed E-state index contributed by atoms with van der Waals surface area (Å²) in [5.41, 5.74) is 3.90. The highest BCUT2D eigenvalue weighted by Crippen LogP contribution is 2.45. The van der Waals surface area contributed by atoms with Crippen molar-refractivity contribution in [2.45, 2.75) is 51.0 Å². The predicted octanol–water partition coefficient (Wildman–Crippen LogP) is 6.58. The van der Waals surface area contributed by atoms with Crippen molar-refractivity contribution in [3.8, 4) is 11.5 Å². The van der Waals surface area contributed by atoms with Gasteiger partial charge in [-0.15, -0.1) is 0 Å². The van der Waals surface area contributed by atoms with Gasteiger partial charge in [-0.1, -0.05) is 36.4 Å². The number of amides is 2. The minimum absolute atomic E-state index is 0.00927. The number of alkyl halides is 3. The van der Waals surface area contributed by atoms with Crippen molar-refractivity contribution in [1.82, 2.24) is 14.8 Å². The Balaban J connectivity index is 1.21. The van der Waals surface area contributed by atoms with Gasteiger partial charge in [0.15, 0.2) is 0 Å². The van der Waals surface area contributed by atoms with Gasteiger partial charge in [-0.2, -0.15) is 18.3 Å². The average Bonchev–Trinajstić information content (AvgIpc) is 3.49. The lowest BCUT2D eigenvalue weighted by molar-refractivity contribution is -0.145. The molecule has 0 N–H and O–H groups in total. The van der Waals surface area contributed by atoms with Gasteiger partial charge in [0.1, 0.15) is 11.5 Å². The van der Waals surface area contributed by atoms with Crippen molar-refractivity contribution in [1.29, 1.82) is 0 Å². The number of hydrogen-bond acceptors (Lipinski definition) is 6. The van der Waals surface area contributed by atoms with Crippen molar-refractivity contribution in [2.75, 3.05) is 33.9 Å². The summed E-state index contributed by atoms with van der Waals surface area (Å²) >= 11 is 0. The third-order valence-corrected chi connectivity index (χ3v) is 9.55. The molecular formula is C37H39F3N4O4. The smallest absolute Gasteiger partial charge is 0.416 e. The van der Waals surface area contributed by atoms with E-state index in [9.17, 15) is 22.8 Å². The third kappa shape index (κ3) is 6.96. The zero-order valence-electron chi connectivity index (χ0n) is 27.2. The van der Waals surface area contributed by atoms with Crippen molar-refractivity contribution >= 4 is 23.6 Å². The molecule has 252 valence electrons. The number of hydrogen-bond donors (Lipinski definition) is 0. The van der Waals surface area contributed by atoms with Gasteiger partial charge in [0.2, 0.25) is 5.91 Å². The standard InChI is InChI=1S/C37H39F3N4O4/c1-24(42-19-20-43(33(45)23-42)22-26-7-13-29(14-8-26)37(38,39)40)36(46)44-35(27-11-17-31(48-3)18-12-27)32-6-4-5-28(34(32)41-44)21-25-9-15-30(47-2)16-10-25/h7-18,21,24,32,35H,4-6,19-20,22-23H2,1-3H3/b28-21+. The number of carbonyl (C=O) groups is 2. The van der Waals surface area contributed by atoms with E-state index in [1.165, 1.54) is 12.1 Å². The molecule has 3 atom stereocenters. The summed E-state index contributed by atoms with van der Waals surface area (Å²) in [5.74, 6) is 1.14. The minimum Gasteiger partial charge on any atom is -0.497 e. The van der Waals surface area contributed by atoms with E-state index in [4.69, 9.17) is 14.6 Å². The Hall–Kier alpha value is -4.64. The van der Waals surface area contributed by atoms with Crippen LogP contribution in [0.1, 0.15) is 54.5 Å². The number of fused-ring (bicyclic) bond motifs is 1. The van der Waals surface area contributed by atoms with E-state index in [-0.39, 0.29) is 36.9 Å². The van der Waals surface area contributed by atoms with Gasteiger partial charge in [-0.3, -0.25) is 14.5 Å². The Morgan fingerprint density at radius 3 is 2.21 bits per heavy atom. The van der Waals surface area contributed by atoms with Crippen LogP contribution in [0.4, 0.5) is 13.2 Å². The summed E-state index contributed by atoms with van der Waals surface area (Å²) in [6, 6.07) is 19.5. The van der Waals surface area contributed by atoms with Crippen molar-refractivity contribution in [3.63, 3.8) is 0 Å². The molecule has 11 heteroatoms. The van der Waals surface area contributed by atoms with Crippen LogP contribution < -0.4 is 9.47 Å². The Morgan fingerprint density at radius 2 is 1.60 bits per heavy atom. The third-order valence-electron chi connectivity index (χ3n) is 9.55. The lowest BCUT2D eigenvalue weighted by atomic mass is 9.77. The number of benzene rings is 3. The number of nitrogens with zero attached hydrogens (tertiary/aromatic N) is 4. The number of allylic oxidation sites excluding steroid dienone is 1. The fourth-order valence-corrected chi connectivity index (χ4v) is 6.81. The van der Waals surface area contributed by atoms with Gasteiger partial charge >= 0.3 is 6.18 Å². The van der Waals surface area contributed by atoms with Crippen LogP contribution in [-0.2, 0) is 22.3 Å². The highest BCUT2D eigenvalue weighted by atomic mass is 19.4. The van der Waals surface area contributed by atoms with Crippen LogP contribution in [0.25, 0.3) is 6.08 Å². The second-order valence-corrected chi connectivity index (χ2v) is 12.5. The molecule has 0 aromatic heterocycles. The molecule has 0 radical (unpaired) electrons. The molecule has 3 aromatic carbocycles. The summed E-state index contributed by atoms with van der Waals surface area (Å²) in [6.07, 6.45) is 0.423. The first-order valence-corrected chi connectivity index (χ1v) is 16.1. The Bertz CT molecular complexity index is 1690. The maximum atomic E-state index is 14.3. The molecule has 0 bridgehead atoms. The lowest BCUT2D eigenvalue weighted by Crippen LogP contribution is -2.56. The predicted molar refractivity (Wildman–Crippen MR) is 176 cm³/mol. The van der Waals surface area contributed by atoms with Crippen LogP contribution in [0.3, 0.4) is 0 Å². The maximum Gasteiger partial charge on any atom is 0.416 e. The first-order chi connectivity index (χ1) is 23.0. The first-order valence-electron chi connectivity index (χ1n) is 16.1. The Morgan fingerprint density at radius 1 is 0.958 bits per heavy atom. The molecule has 3 aromatic rings. The highest BCUT2D eigenvalue weighted by molar-refractivity contribution is 6.08. The largest absolute Gasteiger partial charge is 0.497 e. The van der Waals surface area contributed by atoms with Gasteiger partial charge in [0, 0.05) is 25.6 Å². The first kappa shape index (κ1) is 33.3. The molecule has 2 fully saturated rings. The van der Waals surface area contributed by atoms with Crippen LogP contribution >= 0.6 is 0 Å². The summed E-state index contributed by atoms with van der Waals surface area (Å²) in [6.45, 7) is 2.84. The number of hydrazone groups is 1. The summed E-state index contributed by atoms with van der Waals surface area (Å²) in [4.78, 5) is 31.0. The van der Waals surface area contributed by atoms with E-state index in [0.29, 0.717) is 18.7 Å². The van der Waals surface area contributed by atoms with E-state index in [0.717, 1.165) is 65.3 Å². The zero-order chi connectivity index (χ0) is 34.0. The van der Waals surface area contributed by atoms with Crippen LogP contribution in [-0.4, -0.2) is 72.2 Å². The summed E-state index contributed by atoms with van der Waals surface area (Å²) in [5, 5.41) is 6.65. The molecule has 2 heterocycles. The van der Waals surface area contributed by atoms with Crippen molar-refractivity contribution < 1.29 is 32.2 Å². The van der Waals surface area contributed by atoms with E-state index in [1.807, 2.05) is 60.4 Å². The molecule has 1 saturated heterocycles. The zero-order valence-corrected chi connectivity index (χ0v) is 27.2. The van der Waals surface area contributed by atoms with E-state index in [2.05, 4.69) is 6.08 Å². The average molecular weight is 661 g/mol. The molecule has 2 aliphatic heterocycles. The number of halogens is 3. The molecule has 1 aliphatic carbocycles. The van der Waals surface area contributed by atoms with Gasteiger partial charge in [0.05, 0.1) is 44.1 Å². The molecule has 1 saturated carbocycles. The van der Waals surface area contributed by atoms with Gasteiger partial charge in [-0.25, -0.2) is 5.01 Å². The molecule has 0 spiro atoms. The normalized spacial score (nSPS) is 21.6. The molecule has 8 nitrogen and oxygen atoms in total. The maximum absolute atomic E-state index is 14.3. The number of methoxy groups -OCH3 is 2. The molecule has 2 amide bonds. The lowest BCUT2D eigenvalue weighted by Gasteiger charge is -2.38. The molecule has 3 unspecified atom stereocenters. The molecule has 6 rings (SSSR count). The topological polar surface area (TPSA) is 74.7 Å². The second kappa shape index (κ2) is 13.8. The molecule has 3 aliphatic rings. The SMILES string of the molecule is COc1ccc(/C=C2\CCCC3C2=NN(C(=O)C(C)N2CCN(Cc4ccc(C(F)(F)F)cc4)C(=O)C2)C3c2ccc(OC)cc2)cc1. The van der Waals surface area contributed by atoms with E-state index in [1.54, 1.807) is 24.1 Å². The number of piperazine rings is 1. The van der Waals surface area contributed by atoms with E-state index >= 15 is 0 Å². The van der Waals surface area contributed by atoms with Gasteiger partial charge in [0.25, 0.3) is 5.91 Å². The Labute approximate surface area is 278 Å². The molecule has 48 heavy (non-hydrogen) atoms. The van der Waals surface area contributed by atoms with E-state index < -0.39 is 17.8 Å². The van der Waals surface area contributed by atoms with Crippen molar-refractivity contribution in [2.24, 2.45) is 11.0 Å². The number of rotatable bonds is 8. The van der Waals surface area contributed by atoms with Crippen molar-refractivity contribution in [3.05, 3.63) is 101 Å². The summed E-state index contributed by atoms with van der Waals surface area (Å²) in [7, 11) is 3.25. The van der Waals surface area contributed by atoms with Crippen LogP contribution in [0.5, 0.6) is 11.5 Å². The summed E-state index contributed by atoms with van der Waals surface area (Å²) < 4.78 is 49.7. The monoisotopic (exact) mass is 660 g/mol. The van der Waals surface area contributed by atoms with Gasteiger partial charge < -0.3 is 14.4 Å². The van der Waals surface area contributed by atoms with Crippen LogP contribution in [0.15, 0.2) is 83.5 Å². The fourth-order valence-electron chi connectivity index (χ4n) is 6.81. The van der Waals surface area contributed by atoms with Crippen LogP contribution in [0, 0.1) is 5.92 Å². The van der Waals surface area contributed by atoms with Gasteiger partial charge in [-0.05, 0) is 90.9 Å². The molecular weight excluding hydrogens is 621 g/mol. The number of ether oxygens (including phenoxy) is 2. The quantitative estimate of drug-likeness (QED) is 0.273. The number of carbonyl (C=O) groups excluding carboxylic acids is 2. The fraction of sp³-hybridized carbons (Fsp3) is 0.378. The second-order valence-electron chi connectivity index (χ2n) is 12.5. The van der Waals surface area contributed by atoms with Crippen LogP contribution in [0.2, 0.25) is 0 Å². The Kier molecular flexibility index (Phi) is 9.59. The highest BCUT2D eigenvalue weighted by Gasteiger charge is 2.45.